The van der Waals surface area contributed by atoms with Crippen LogP contribution in [0, 0.1) is 18.3 Å². The van der Waals surface area contributed by atoms with Gasteiger partial charge in [-0.15, -0.1) is 6.42 Å². The molecule has 0 bridgehead atoms. The number of hydrogen-bond donors (Lipinski definition) is 1. The van der Waals surface area contributed by atoms with E-state index in [4.69, 9.17) is 20.6 Å². The van der Waals surface area contributed by atoms with Crippen molar-refractivity contribution < 1.29 is 24.1 Å². The number of hydrogen-bond acceptors (Lipinski definition) is 5. The Hall–Kier alpha value is -1.61. The van der Waals surface area contributed by atoms with E-state index in [2.05, 4.69) is 19.8 Å². The highest BCUT2D eigenvalue weighted by atomic mass is 16.7. The number of aliphatic hydroxyl groups is 1. The van der Waals surface area contributed by atoms with Gasteiger partial charge in [0.25, 0.3) is 0 Å². The van der Waals surface area contributed by atoms with Crippen molar-refractivity contribution in [1.29, 1.82) is 0 Å². The molecule has 1 aliphatic rings. The van der Waals surface area contributed by atoms with Crippen molar-refractivity contribution in [2.75, 3.05) is 13.7 Å². The van der Waals surface area contributed by atoms with Gasteiger partial charge in [-0.1, -0.05) is 32.6 Å². The third-order valence-electron chi connectivity index (χ3n) is 3.80. The number of carbonyl (C=O) groups is 1. The van der Waals surface area contributed by atoms with Crippen molar-refractivity contribution in [3.05, 3.63) is 23.8 Å². The number of esters is 1. The summed E-state index contributed by atoms with van der Waals surface area (Å²) in [5, 5.41) is 10.7. The number of rotatable bonds is 9. The standard InChI is InChI=1S/C19H28O5/c1-6-12-23-18(20)16-10-11-19(21,17(13-16)22-5)24-15(4)9-7-8-14(2)3/h1,10-11,13-15,17,21H,7-9,12H2,2-5H3. The van der Waals surface area contributed by atoms with Crippen molar-refractivity contribution in [3.8, 4) is 12.3 Å². The minimum Gasteiger partial charge on any atom is -0.449 e. The first kappa shape index (κ1) is 20.4. The van der Waals surface area contributed by atoms with Crippen molar-refractivity contribution in [2.45, 2.75) is 58.0 Å². The summed E-state index contributed by atoms with van der Waals surface area (Å²) in [7, 11) is 1.45. The zero-order valence-corrected chi connectivity index (χ0v) is 15.0. The van der Waals surface area contributed by atoms with Crippen LogP contribution in [0.2, 0.25) is 0 Å². The molecule has 0 saturated heterocycles. The first-order valence-electron chi connectivity index (χ1n) is 8.27. The van der Waals surface area contributed by atoms with Crippen LogP contribution in [0.15, 0.2) is 23.8 Å². The normalized spacial score (nSPS) is 24.4. The maximum atomic E-state index is 11.8. The van der Waals surface area contributed by atoms with Crippen molar-refractivity contribution in [1.82, 2.24) is 0 Å². The average Bonchev–Trinajstić information content (AvgIpc) is 2.52. The van der Waals surface area contributed by atoms with Gasteiger partial charge >= 0.3 is 5.97 Å². The summed E-state index contributed by atoms with van der Waals surface area (Å²) in [4.78, 5) is 11.8. The second-order valence-electron chi connectivity index (χ2n) is 6.40. The number of methoxy groups -OCH3 is 1. The third-order valence-corrected chi connectivity index (χ3v) is 3.80. The molecule has 5 nitrogen and oxygen atoms in total. The minimum absolute atomic E-state index is 0.102. The maximum absolute atomic E-state index is 11.8. The molecular formula is C19H28O5. The van der Waals surface area contributed by atoms with Gasteiger partial charge < -0.3 is 19.3 Å². The molecule has 0 aromatic carbocycles. The molecule has 0 aromatic heterocycles. The molecule has 1 aliphatic carbocycles. The molecule has 3 unspecified atom stereocenters. The van der Waals surface area contributed by atoms with Crippen LogP contribution in [0.25, 0.3) is 0 Å². The van der Waals surface area contributed by atoms with Crippen molar-refractivity contribution >= 4 is 5.97 Å². The van der Waals surface area contributed by atoms with E-state index in [0.717, 1.165) is 19.3 Å². The summed E-state index contributed by atoms with van der Waals surface area (Å²) in [6, 6.07) is 0. The van der Waals surface area contributed by atoms with Crippen LogP contribution in [0.3, 0.4) is 0 Å². The van der Waals surface area contributed by atoms with Crippen molar-refractivity contribution in [2.24, 2.45) is 5.92 Å². The predicted molar refractivity (Wildman–Crippen MR) is 92.0 cm³/mol. The number of terminal acetylenes is 1. The van der Waals surface area contributed by atoms with Gasteiger partial charge in [0.05, 0.1) is 11.7 Å². The summed E-state index contributed by atoms with van der Waals surface area (Å²) < 4.78 is 15.9. The summed E-state index contributed by atoms with van der Waals surface area (Å²) in [5.74, 6) is 0.706. The van der Waals surface area contributed by atoms with Crippen LogP contribution in [-0.4, -0.2) is 42.8 Å². The Morgan fingerprint density at radius 3 is 2.71 bits per heavy atom. The summed E-state index contributed by atoms with van der Waals surface area (Å²) in [6.07, 6.45) is 11.5. The largest absolute Gasteiger partial charge is 0.449 e. The third kappa shape index (κ3) is 6.12. The van der Waals surface area contributed by atoms with E-state index in [0.29, 0.717) is 5.92 Å². The lowest BCUT2D eigenvalue weighted by Gasteiger charge is -2.35. The zero-order chi connectivity index (χ0) is 18.2. The zero-order valence-electron chi connectivity index (χ0n) is 15.0. The van der Waals surface area contributed by atoms with Crippen molar-refractivity contribution in [3.63, 3.8) is 0 Å². The average molecular weight is 336 g/mol. The minimum atomic E-state index is -1.61. The lowest BCUT2D eigenvalue weighted by Crippen LogP contribution is -2.47. The van der Waals surface area contributed by atoms with E-state index in [9.17, 15) is 9.90 Å². The van der Waals surface area contributed by atoms with Gasteiger partial charge in [-0.25, -0.2) is 4.79 Å². The number of carbonyl (C=O) groups excluding carboxylic acids is 1. The Labute approximate surface area is 144 Å². The predicted octanol–water partition coefficient (Wildman–Crippen LogP) is 2.59. The molecular weight excluding hydrogens is 308 g/mol. The molecule has 0 heterocycles. The van der Waals surface area contributed by atoms with Gasteiger partial charge in [0.15, 0.2) is 6.61 Å². The maximum Gasteiger partial charge on any atom is 0.338 e. The lowest BCUT2D eigenvalue weighted by molar-refractivity contribution is -0.239. The van der Waals surface area contributed by atoms with Crippen LogP contribution >= 0.6 is 0 Å². The molecule has 0 spiro atoms. The fraction of sp³-hybridized carbons (Fsp3) is 0.632. The van der Waals surface area contributed by atoms with E-state index in [1.807, 2.05) is 6.92 Å². The van der Waals surface area contributed by atoms with E-state index < -0.39 is 17.9 Å². The van der Waals surface area contributed by atoms with Gasteiger partial charge in [0.2, 0.25) is 5.79 Å². The number of ether oxygens (including phenoxy) is 3. The van der Waals surface area contributed by atoms with Gasteiger partial charge in [-0.05, 0) is 37.5 Å². The molecule has 0 fully saturated rings. The van der Waals surface area contributed by atoms with Gasteiger partial charge in [0, 0.05) is 7.11 Å². The molecule has 134 valence electrons. The van der Waals surface area contributed by atoms with Crippen LogP contribution in [0.5, 0.6) is 0 Å². The topological polar surface area (TPSA) is 65.0 Å². The second-order valence-corrected chi connectivity index (χ2v) is 6.40. The van der Waals surface area contributed by atoms with Crippen LogP contribution in [0.1, 0.15) is 40.0 Å². The van der Waals surface area contributed by atoms with Crippen LogP contribution < -0.4 is 0 Å². The Bertz CT molecular complexity index is 514. The summed E-state index contributed by atoms with van der Waals surface area (Å²) >= 11 is 0. The fourth-order valence-corrected chi connectivity index (χ4v) is 2.51. The molecule has 0 saturated carbocycles. The summed E-state index contributed by atoms with van der Waals surface area (Å²) in [5.41, 5.74) is 0.276. The highest BCUT2D eigenvalue weighted by Crippen LogP contribution is 2.28. The van der Waals surface area contributed by atoms with Gasteiger partial charge in [-0.2, -0.15) is 0 Å². The molecule has 0 radical (unpaired) electrons. The SMILES string of the molecule is C#CCOC(=O)C1=CC(OC)C(O)(OC(C)CCCC(C)C)C=C1. The molecule has 1 rings (SSSR count). The molecule has 24 heavy (non-hydrogen) atoms. The molecule has 0 amide bonds. The van der Waals surface area contributed by atoms with E-state index in [1.165, 1.54) is 25.3 Å². The molecule has 3 atom stereocenters. The first-order valence-corrected chi connectivity index (χ1v) is 8.27. The second kappa shape index (κ2) is 9.63. The Morgan fingerprint density at radius 1 is 1.42 bits per heavy atom. The molecule has 5 heteroatoms. The van der Waals surface area contributed by atoms with E-state index in [-0.39, 0.29) is 18.3 Å². The highest BCUT2D eigenvalue weighted by Gasteiger charge is 2.39. The van der Waals surface area contributed by atoms with Crippen LogP contribution in [0.4, 0.5) is 0 Å². The van der Waals surface area contributed by atoms with Crippen LogP contribution in [-0.2, 0) is 19.0 Å². The summed E-state index contributed by atoms with van der Waals surface area (Å²) in [6.45, 7) is 6.17. The Kier molecular flexibility index (Phi) is 8.20. The highest BCUT2D eigenvalue weighted by molar-refractivity contribution is 5.92. The Morgan fingerprint density at radius 2 is 2.12 bits per heavy atom. The lowest BCUT2D eigenvalue weighted by atomic mass is 9.98. The smallest absolute Gasteiger partial charge is 0.338 e. The monoisotopic (exact) mass is 336 g/mol. The quantitative estimate of drug-likeness (QED) is 0.398. The first-order chi connectivity index (χ1) is 11.3. The Balaban J connectivity index is 2.68. The molecule has 0 aromatic rings. The van der Waals surface area contributed by atoms with E-state index >= 15 is 0 Å². The van der Waals surface area contributed by atoms with Gasteiger partial charge in [0.1, 0.15) is 6.10 Å². The molecule has 0 aliphatic heterocycles. The fourth-order valence-electron chi connectivity index (χ4n) is 2.51. The van der Waals surface area contributed by atoms with E-state index in [1.54, 1.807) is 0 Å². The van der Waals surface area contributed by atoms with Gasteiger partial charge in [-0.3, -0.25) is 0 Å². The molecule has 1 N–H and O–H groups in total.